The number of ether oxygens (including phenoxy) is 2. The number of halogens is 1. The number of hydrogen-bond donors (Lipinski definition) is 0. The SMILES string of the molecule is COc1ccc(C2CC(=O)CCO2)c(F)c1. The molecule has 1 aliphatic heterocycles. The van der Waals surface area contributed by atoms with E-state index in [1.807, 2.05) is 0 Å². The lowest BCUT2D eigenvalue weighted by Crippen LogP contribution is -2.20. The van der Waals surface area contributed by atoms with Gasteiger partial charge in [-0.3, -0.25) is 4.79 Å². The van der Waals surface area contributed by atoms with Gasteiger partial charge in [0.1, 0.15) is 17.3 Å². The first kappa shape index (κ1) is 11.1. The summed E-state index contributed by atoms with van der Waals surface area (Å²) in [5.41, 5.74) is 0.425. The number of ketones is 1. The number of carbonyl (C=O) groups is 1. The smallest absolute Gasteiger partial charge is 0.138 e. The van der Waals surface area contributed by atoms with Crippen LogP contribution in [0.1, 0.15) is 24.5 Å². The second-order valence-electron chi connectivity index (χ2n) is 3.74. The molecule has 0 N–H and O–H groups in total. The summed E-state index contributed by atoms with van der Waals surface area (Å²) in [6.07, 6.45) is 0.226. The quantitative estimate of drug-likeness (QED) is 0.773. The van der Waals surface area contributed by atoms with Crippen LogP contribution in [0, 0.1) is 5.82 Å². The van der Waals surface area contributed by atoms with Gasteiger partial charge in [0.05, 0.1) is 19.8 Å². The maximum Gasteiger partial charge on any atom is 0.138 e. The Morgan fingerprint density at radius 1 is 1.50 bits per heavy atom. The van der Waals surface area contributed by atoms with E-state index >= 15 is 0 Å². The fourth-order valence-electron chi connectivity index (χ4n) is 1.78. The molecular formula is C12H13FO3. The molecule has 1 unspecified atom stereocenters. The largest absolute Gasteiger partial charge is 0.497 e. The predicted octanol–water partition coefficient (Wildman–Crippen LogP) is 2.25. The van der Waals surface area contributed by atoms with Gasteiger partial charge in [-0.25, -0.2) is 4.39 Å². The third-order valence-corrected chi connectivity index (χ3v) is 2.67. The lowest BCUT2D eigenvalue weighted by atomic mass is 10.00. The Balaban J connectivity index is 2.22. The van der Waals surface area contributed by atoms with Crippen LogP contribution < -0.4 is 4.74 Å². The first-order valence-corrected chi connectivity index (χ1v) is 5.17. The van der Waals surface area contributed by atoms with Gasteiger partial charge < -0.3 is 9.47 Å². The van der Waals surface area contributed by atoms with Crippen molar-refractivity contribution >= 4 is 5.78 Å². The molecule has 0 aromatic heterocycles. The Morgan fingerprint density at radius 2 is 2.31 bits per heavy atom. The average molecular weight is 224 g/mol. The second-order valence-corrected chi connectivity index (χ2v) is 3.74. The van der Waals surface area contributed by atoms with Crippen molar-refractivity contribution in [2.45, 2.75) is 18.9 Å². The van der Waals surface area contributed by atoms with Gasteiger partial charge in [-0.05, 0) is 12.1 Å². The third kappa shape index (κ3) is 2.22. The minimum Gasteiger partial charge on any atom is -0.497 e. The van der Waals surface area contributed by atoms with Crippen LogP contribution in [0.25, 0.3) is 0 Å². The summed E-state index contributed by atoms with van der Waals surface area (Å²) in [5, 5.41) is 0. The van der Waals surface area contributed by atoms with E-state index in [2.05, 4.69) is 0 Å². The molecule has 2 rings (SSSR count). The Hall–Kier alpha value is -1.42. The monoisotopic (exact) mass is 224 g/mol. The van der Waals surface area contributed by atoms with Crippen molar-refractivity contribution in [3.8, 4) is 5.75 Å². The van der Waals surface area contributed by atoms with Crippen LogP contribution in [-0.4, -0.2) is 19.5 Å². The van der Waals surface area contributed by atoms with Crippen molar-refractivity contribution in [1.29, 1.82) is 0 Å². The highest BCUT2D eigenvalue weighted by Crippen LogP contribution is 2.29. The minimum absolute atomic E-state index is 0.117. The molecule has 1 aromatic rings. The van der Waals surface area contributed by atoms with Gasteiger partial charge in [0.25, 0.3) is 0 Å². The number of carbonyl (C=O) groups excluding carboxylic acids is 1. The molecule has 1 fully saturated rings. The first-order valence-electron chi connectivity index (χ1n) is 5.17. The van der Waals surface area contributed by atoms with Crippen LogP contribution in [-0.2, 0) is 9.53 Å². The van der Waals surface area contributed by atoms with Gasteiger partial charge in [-0.2, -0.15) is 0 Å². The van der Waals surface area contributed by atoms with E-state index in [1.54, 1.807) is 12.1 Å². The van der Waals surface area contributed by atoms with Gasteiger partial charge in [-0.1, -0.05) is 0 Å². The standard InChI is InChI=1S/C12H13FO3/c1-15-9-2-3-10(11(13)7-9)12-6-8(14)4-5-16-12/h2-3,7,12H,4-6H2,1H3. The van der Waals surface area contributed by atoms with Crippen LogP contribution in [0.3, 0.4) is 0 Å². The summed E-state index contributed by atoms with van der Waals surface area (Å²) in [6.45, 7) is 0.370. The molecule has 1 saturated heterocycles. The highest BCUT2D eigenvalue weighted by molar-refractivity contribution is 5.79. The molecule has 1 aliphatic rings. The van der Waals surface area contributed by atoms with Crippen LogP contribution in [0.5, 0.6) is 5.75 Å². The van der Waals surface area contributed by atoms with Crippen molar-refractivity contribution in [2.75, 3.05) is 13.7 Å². The van der Waals surface area contributed by atoms with Crippen molar-refractivity contribution in [2.24, 2.45) is 0 Å². The van der Waals surface area contributed by atoms with E-state index in [0.29, 0.717) is 24.3 Å². The van der Waals surface area contributed by atoms with Crippen LogP contribution in [0.4, 0.5) is 4.39 Å². The third-order valence-electron chi connectivity index (χ3n) is 2.67. The van der Waals surface area contributed by atoms with Crippen LogP contribution in [0.15, 0.2) is 18.2 Å². The second kappa shape index (κ2) is 4.61. The van der Waals surface area contributed by atoms with Gasteiger partial charge >= 0.3 is 0 Å². The van der Waals surface area contributed by atoms with E-state index in [0.717, 1.165) is 0 Å². The molecule has 16 heavy (non-hydrogen) atoms. The Bertz CT molecular complexity index is 403. The maximum atomic E-state index is 13.7. The zero-order valence-corrected chi connectivity index (χ0v) is 9.03. The van der Waals surface area contributed by atoms with Crippen molar-refractivity contribution < 1.29 is 18.7 Å². The number of benzene rings is 1. The lowest BCUT2D eigenvalue weighted by molar-refractivity contribution is -0.128. The summed E-state index contributed by atoms with van der Waals surface area (Å²) in [4.78, 5) is 11.3. The van der Waals surface area contributed by atoms with Gasteiger partial charge in [0, 0.05) is 24.5 Å². The fourth-order valence-corrected chi connectivity index (χ4v) is 1.78. The number of Topliss-reactive ketones (excluding diaryl/α,β-unsaturated/α-hetero) is 1. The molecule has 0 bridgehead atoms. The molecule has 1 aromatic carbocycles. The summed E-state index contributed by atoms with van der Waals surface area (Å²) in [5.74, 6) is 0.189. The Labute approximate surface area is 93.2 Å². The fraction of sp³-hybridized carbons (Fsp3) is 0.417. The van der Waals surface area contributed by atoms with E-state index in [9.17, 15) is 9.18 Å². The van der Waals surface area contributed by atoms with Crippen molar-refractivity contribution in [1.82, 2.24) is 0 Å². The Morgan fingerprint density at radius 3 is 2.94 bits per heavy atom. The Kier molecular flexibility index (Phi) is 3.19. The minimum atomic E-state index is -0.452. The molecule has 0 radical (unpaired) electrons. The molecule has 1 atom stereocenters. The van der Waals surface area contributed by atoms with E-state index in [-0.39, 0.29) is 18.0 Å². The number of methoxy groups -OCH3 is 1. The summed E-state index contributed by atoms with van der Waals surface area (Å²) < 4.78 is 24.0. The maximum absolute atomic E-state index is 13.7. The van der Waals surface area contributed by atoms with Crippen LogP contribution in [0.2, 0.25) is 0 Å². The molecule has 86 valence electrons. The molecule has 0 amide bonds. The number of rotatable bonds is 2. The van der Waals surface area contributed by atoms with E-state index in [4.69, 9.17) is 9.47 Å². The molecule has 0 aliphatic carbocycles. The summed E-state index contributed by atoms with van der Waals surface area (Å²) in [7, 11) is 1.48. The van der Waals surface area contributed by atoms with E-state index < -0.39 is 6.10 Å². The topological polar surface area (TPSA) is 35.5 Å². The van der Waals surface area contributed by atoms with Crippen LogP contribution >= 0.6 is 0 Å². The van der Waals surface area contributed by atoms with Crippen molar-refractivity contribution in [3.63, 3.8) is 0 Å². The number of hydrogen-bond acceptors (Lipinski definition) is 3. The lowest BCUT2D eigenvalue weighted by Gasteiger charge is -2.22. The molecule has 1 heterocycles. The summed E-state index contributed by atoms with van der Waals surface area (Å²) >= 11 is 0. The predicted molar refractivity (Wildman–Crippen MR) is 55.9 cm³/mol. The molecule has 4 heteroatoms. The van der Waals surface area contributed by atoms with Crippen molar-refractivity contribution in [3.05, 3.63) is 29.6 Å². The summed E-state index contributed by atoms with van der Waals surface area (Å²) in [6, 6.07) is 4.58. The van der Waals surface area contributed by atoms with E-state index in [1.165, 1.54) is 13.2 Å². The average Bonchev–Trinajstić information content (AvgIpc) is 2.28. The highest BCUT2D eigenvalue weighted by atomic mass is 19.1. The molecule has 3 nitrogen and oxygen atoms in total. The highest BCUT2D eigenvalue weighted by Gasteiger charge is 2.24. The normalized spacial score (nSPS) is 20.9. The molecular weight excluding hydrogens is 211 g/mol. The molecule has 0 saturated carbocycles. The first-order chi connectivity index (χ1) is 7.70. The molecule has 0 spiro atoms. The van der Waals surface area contributed by atoms with Gasteiger partial charge in [0.2, 0.25) is 0 Å². The van der Waals surface area contributed by atoms with Gasteiger partial charge in [-0.15, -0.1) is 0 Å². The zero-order chi connectivity index (χ0) is 11.5. The zero-order valence-electron chi connectivity index (χ0n) is 9.03. The van der Waals surface area contributed by atoms with Gasteiger partial charge in [0.15, 0.2) is 0 Å².